The fraction of sp³-hybridized carbons (Fsp3) is 0.212. The summed E-state index contributed by atoms with van der Waals surface area (Å²) in [6.45, 7) is 5.78. The zero-order valence-electron chi connectivity index (χ0n) is 24.2. The van der Waals surface area contributed by atoms with E-state index in [0.717, 1.165) is 39.5 Å². The molecule has 0 saturated heterocycles. The van der Waals surface area contributed by atoms with Gasteiger partial charge in [0.2, 0.25) is 0 Å². The number of pyridine rings is 4. The Bertz CT molecular complexity index is 1290. The number of hydrogen-bond donors (Lipinski definition) is 1. The molecule has 7 nitrogen and oxygen atoms in total. The van der Waals surface area contributed by atoms with E-state index in [0.29, 0.717) is 45.0 Å². The average Bonchev–Trinajstić information content (AvgIpc) is 2.97. The number of phenolic OH excluding ortho intramolecular Hbond substituents is 1. The van der Waals surface area contributed by atoms with Gasteiger partial charge in [-0.2, -0.15) is 0 Å². The smallest absolute Gasteiger partial charge is 0.124 e. The second-order valence-corrected chi connectivity index (χ2v) is 10.0. The Kier molecular flexibility index (Phi) is 13.5. The fourth-order valence-electron chi connectivity index (χ4n) is 4.88. The van der Waals surface area contributed by atoms with Gasteiger partial charge in [-0.3, -0.25) is 29.7 Å². The van der Waals surface area contributed by atoms with Crippen LogP contribution in [0.2, 0.25) is 0 Å². The molecule has 5 aromatic rings. The van der Waals surface area contributed by atoms with Gasteiger partial charge < -0.3 is 5.11 Å². The fourth-order valence-corrected chi connectivity index (χ4v) is 4.88. The Morgan fingerprint density at radius 3 is 1.07 bits per heavy atom. The first-order valence-corrected chi connectivity index (χ1v) is 13.5. The number of aromatic hydroxyl groups is 1. The Labute approximate surface area is 273 Å². The van der Waals surface area contributed by atoms with Crippen molar-refractivity contribution in [2.24, 2.45) is 0 Å². The SMILES string of the molecule is Cc1cc(CN(Cc2ccccn2)Cc2ccccn2)c(O)c(CN(Cc2ccccn2)Cc2ccccn2)c1.[Zn].[Zn]. The number of nitrogens with zero attached hydrogens (tertiary/aromatic N) is 6. The minimum Gasteiger partial charge on any atom is -0.507 e. The molecule has 0 bridgehead atoms. The van der Waals surface area contributed by atoms with Crippen LogP contribution >= 0.6 is 0 Å². The van der Waals surface area contributed by atoms with Crippen LogP contribution in [0.3, 0.4) is 0 Å². The average molecular weight is 661 g/mol. The molecule has 0 unspecified atom stereocenters. The molecule has 0 saturated carbocycles. The molecule has 42 heavy (non-hydrogen) atoms. The Balaban J connectivity index is 0.00000242. The summed E-state index contributed by atoms with van der Waals surface area (Å²) in [7, 11) is 0. The predicted octanol–water partition coefficient (Wildman–Crippen LogP) is 5.68. The second-order valence-electron chi connectivity index (χ2n) is 10.0. The van der Waals surface area contributed by atoms with Gasteiger partial charge in [0.05, 0.1) is 22.8 Å². The summed E-state index contributed by atoms with van der Waals surface area (Å²) in [4.78, 5) is 22.7. The minimum atomic E-state index is 0. The standard InChI is InChI=1S/C33H34N6O.2Zn/c1-26-18-27(20-38(22-29-10-2-6-14-34-29)23-30-11-3-7-15-35-30)33(40)28(19-26)21-39(24-31-12-4-8-16-36-31)25-32-13-5-9-17-37-32;;/h2-19,40H,20-25H2,1H3;;. The van der Waals surface area contributed by atoms with E-state index in [1.807, 2.05) is 97.6 Å². The van der Waals surface area contributed by atoms with Crippen LogP contribution in [0.15, 0.2) is 110 Å². The molecule has 0 aliphatic heterocycles. The second kappa shape index (κ2) is 17.0. The Hall–Kier alpha value is -3.21. The van der Waals surface area contributed by atoms with Gasteiger partial charge in [-0.05, 0) is 55.5 Å². The zero-order chi connectivity index (χ0) is 27.6. The van der Waals surface area contributed by atoms with Gasteiger partial charge in [0.15, 0.2) is 0 Å². The summed E-state index contributed by atoms with van der Waals surface area (Å²) < 4.78 is 0. The number of hydrogen-bond acceptors (Lipinski definition) is 7. The normalized spacial score (nSPS) is 10.7. The van der Waals surface area contributed by atoms with Gasteiger partial charge in [-0.15, -0.1) is 0 Å². The summed E-state index contributed by atoms with van der Waals surface area (Å²) in [5.41, 5.74) is 6.78. The first-order valence-electron chi connectivity index (χ1n) is 13.5. The van der Waals surface area contributed by atoms with Gasteiger partial charge in [0.25, 0.3) is 0 Å². The molecule has 4 heterocycles. The number of aryl methyl sites for hydroxylation is 1. The molecular formula is C33H34N6OZn2. The van der Waals surface area contributed by atoms with Crippen molar-refractivity contribution in [3.8, 4) is 5.75 Å². The van der Waals surface area contributed by atoms with Crippen molar-refractivity contribution in [1.82, 2.24) is 29.7 Å². The molecule has 1 aromatic carbocycles. The monoisotopic (exact) mass is 658 g/mol. The summed E-state index contributed by atoms with van der Waals surface area (Å²) >= 11 is 0. The molecule has 0 atom stereocenters. The molecular weight excluding hydrogens is 627 g/mol. The van der Waals surface area contributed by atoms with Crippen LogP contribution < -0.4 is 0 Å². The van der Waals surface area contributed by atoms with Crippen molar-refractivity contribution in [3.05, 3.63) is 149 Å². The summed E-state index contributed by atoms with van der Waals surface area (Å²) in [6, 6.07) is 28.0. The Morgan fingerprint density at radius 2 is 0.810 bits per heavy atom. The summed E-state index contributed by atoms with van der Waals surface area (Å²) in [5.74, 6) is 0.324. The van der Waals surface area contributed by atoms with Gasteiger partial charge in [-0.25, -0.2) is 0 Å². The maximum Gasteiger partial charge on any atom is 0.124 e. The Morgan fingerprint density at radius 1 is 0.500 bits per heavy atom. The molecule has 0 radical (unpaired) electrons. The van der Waals surface area contributed by atoms with Crippen molar-refractivity contribution in [3.63, 3.8) is 0 Å². The number of benzene rings is 1. The quantitative estimate of drug-likeness (QED) is 0.173. The van der Waals surface area contributed by atoms with E-state index in [4.69, 9.17) is 0 Å². The van der Waals surface area contributed by atoms with E-state index in [-0.39, 0.29) is 39.0 Å². The number of phenols is 1. The molecule has 0 fully saturated rings. The predicted molar refractivity (Wildman–Crippen MR) is 156 cm³/mol. The van der Waals surface area contributed by atoms with Crippen LogP contribution in [0.25, 0.3) is 0 Å². The van der Waals surface area contributed by atoms with Crippen LogP contribution in [-0.2, 0) is 78.2 Å². The molecule has 4 aromatic heterocycles. The van der Waals surface area contributed by atoms with E-state index in [1.165, 1.54) is 0 Å². The largest absolute Gasteiger partial charge is 0.507 e. The first-order chi connectivity index (χ1) is 19.6. The van der Waals surface area contributed by atoms with Crippen LogP contribution in [0.5, 0.6) is 5.75 Å². The van der Waals surface area contributed by atoms with Gasteiger partial charge >= 0.3 is 0 Å². The molecule has 0 aliphatic rings. The van der Waals surface area contributed by atoms with Crippen molar-refractivity contribution in [2.75, 3.05) is 0 Å². The van der Waals surface area contributed by atoms with Crippen molar-refractivity contribution in [2.45, 2.75) is 46.2 Å². The molecule has 1 N–H and O–H groups in total. The first kappa shape index (κ1) is 33.3. The topological polar surface area (TPSA) is 78.3 Å². The molecule has 5 rings (SSSR count). The zero-order valence-corrected chi connectivity index (χ0v) is 30.1. The maximum atomic E-state index is 11.6. The molecule has 0 amide bonds. The van der Waals surface area contributed by atoms with E-state index in [2.05, 4.69) is 48.8 Å². The van der Waals surface area contributed by atoms with Gasteiger partial charge in [0, 0.05) is 114 Å². The number of aromatic nitrogens is 4. The third-order valence-electron chi connectivity index (χ3n) is 6.65. The van der Waals surface area contributed by atoms with E-state index in [1.54, 1.807) is 0 Å². The third-order valence-corrected chi connectivity index (χ3v) is 6.65. The summed E-state index contributed by atoms with van der Waals surface area (Å²) in [6.07, 6.45) is 7.26. The molecule has 206 valence electrons. The minimum absolute atomic E-state index is 0. The molecule has 0 aliphatic carbocycles. The van der Waals surface area contributed by atoms with Crippen LogP contribution in [0.4, 0.5) is 0 Å². The number of rotatable bonds is 12. The summed E-state index contributed by atoms with van der Waals surface area (Å²) in [5, 5.41) is 11.6. The van der Waals surface area contributed by atoms with E-state index >= 15 is 0 Å². The van der Waals surface area contributed by atoms with Crippen molar-refractivity contribution in [1.29, 1.82) is 0 Å². The van der Waals surface area contributed by atoms with Gasteiger partial charge in [0.1, 0.15) is 5.75 Å². The third kappa shape index (κ3) is 9.96. The molecule has 9 heteroatoms. The van der Waals surface area contributed by atoms with Gasteiger partial charge in [-0.1, -0.05) is 42.0 Å². The van der Waals surface area contributed by atoms with Crippen LogP contribution in [0, 0.1) is 6.92 Å². The van der Waals surface area contributed by atoms with Crippen molar-refractivity contribution >= 4 is 0 Å². The van der Waals surface area contributed by atoms with Crippen LogP contribution in [0.1, 0.15) is 39.5 Å². The van der Waals surface area contributed by atoms with Crippen molar-refractivity contribution < 1.29 is 44.1 Å². The molecule has 0 spiro atoms. The van der Waals surface area contributed by atoms with E-state index < -0.39 is 0 Å². The van der Waals surface area contributed by atoms with Crippen LogP contribution in [-0.4, -0.2) is 34.8 Å². The maximum absolute atomic E-state index is 11.6. The van der Waals surface area contributed by atoms with E-state index in [9.17, 15) is 5.11 Å².